The van der Waals surface area contributed by atoms with Crippen LogP contribution in [-0.2, 0) is 10.0 Å². The Hall–Kier alpha value is -1.91. The fourth-order valence-electron chi connectivity index (χ4n) is 3.63. The highest BCUT2D eigenvalue weighted by molar-refractivity contribution is 7.89. The van der Waals surface area contributed by atoms with Crippen LogP contribution in [0.1, 0.15) is 38.7 Å². The Morgan fingerprint density at radius 3 is 2.27 bits per heavy atom. The van der Waals surface area contributed by atoms with Crippen molar-refractivity contribution in [3.63, 3.8) is 0 Å². The fourth-order valence-corrected chi connectivity index (χ4v) is 5.27. The van der Waals surface area contributed by atoms with Crippen LogP contribution in [0.15, 0.2) is 71.6 Å². The summed E-state index contributed by atoms with van der Waals surface area (Å²) in [6, 6.07) is 18.7. The molecular formula is C22H27NO2S. The van der Waals surface area contributed by atoms with E-state index in [1.165, 1.54) is 0 Å². The van der Waals surface area contributed by atoms with E-state index in [1.54, 1.807) is 28.6 Å². The molecule has 26 heavy (non-hydrogen) atoms. The van der Waals surface area contributed by atoms with Crippen LogP contribution in [0.2, 0.25) is 0 Å². The molecule has 1 heterocycles. The maximum absolute atomic E-state index is 13.3. The Morgan fingerprint density at radius 2 is 1.62 bits per heavy atom. The summed E-state index contributed by atoms with van der Waals surface area (Å²) in [5, 5.41) is 0. The molecule has 1 unspecified atom stereocenters. The first-order chi connectivity index (χ1) is 12.4. The van der Waals surface area contributed by atoms with Gasteiger partial charge in [-0.05, 0) is 42.4 Å². The molecule has 1 fully saturated rings. The zero-order valence-electron chi connectivity index (χ0n) is 15.5. The Labute approximate surface area is 157 Å². The van der Waals surface area contributed by atoms with Gasteiger partial charge < -0.3 is 0 Å². The number of benzene rings is 2. The summed E-state index contributed by atoms with van der Waals surface area (Å²) in [6.07, 6.45) is 6.84. The van der Waals surface area contributed by atoms with E-state index < -0.39 is 10.0 Å². The molecule has 0 aromatic heterocycles. The van der Waals surface area contributed by atoms with Gasteiger partial charge in [-0.25, -0.2) is 8.42 Å². The van der Waals surface area contributed by atoms with Crippen LogP contribution < -0.4 is 0 Å². The summed E-state index contributed by atoms with van der Waals surface area (Å²) in [4.78, 5) is 0.373. The van der Waals surface area contributed by atoms with Gasteiger partial charge in [-0.2, -0.15) is 4.31 Å². The Morgan fingerprint density at radius 1 is 1.00 bits per heavy atom. The molecule has 0 aliphatic carbocycles. The third-order valence-corrected chi connectivity index (χ3v) is 6.96. The molecule has 1 aliphatic heterocycles. The topological polar surface area (TPSA) is 37.4 Å². The molecule has 0 N–H and O–H groups in total. The molecule has 0 radical (unpaired) electrons. The molecule has 2 aromatic rings. The normalized spacial score (nSPS) is 21.5. The summed E-state index contributed by atoms with van der Waals surface area (Å²) >= 11 is 0. The van der Waals surface area contributed by atoms with Crippen LogP contribution in [0.25, 0.3) is 6.08 Å². The molecule has 0 saturated carbocycles. The van der Waals surface area contributed by atoms with E-state index in [-0.39, 0.29) is 11.5 Å². The summed E-state index contributed by atoms with van der Waals surface area (Å²) in [5.41, 5.74) is 1.21. The maximum Gasteiger partial charge on any atom is 0.243 e. The zero-order valence-corrected chi connectivity index (χ0v) is 16.3. The number of sulfonamides is 1. The van der Waals surface area contributed by atoms with Crippen LogP contribution in [-0.4, -0.2) is 25.3 Å². The average molecular weight is 370 g/mol. The predicted molar refractivity (Wildman–Crippen MR) is 107 cm³/mol. The lowest BCUT2D eigenvalue weighted by Gasteiger charge is -2.30. The lowest BCUT2D eigenvalue weighted by molar-refractivity contribution is 0.282. The van der Waals surface area contributed by atoms with Gasteiger partial charge in [-0.1, -0.05) is 74.5 Å². The van der Waals surface area contributed by atoms with E-state index in [2.05, 4.69) is 19.9 Å². The smallest absolute Gasteiger partial charge is 0.207 e. The Bertz CT molecular complexity index is 842. The van der Waals surface area contributed by atoms with Crippen molar-refractivity contribution in [2.75, 3.05) is 6.54 Å². The molecule has 1 saturated heterocycles. The molecule has 0 spiro atoms. The van der Waals surface area contributed by atoms with E-state index >= 15 is 0 Å². The van der Waals surface area contributed by atoms with Crippen molar-refractivity contribution in [3.05, 3.63) is 72.3 Å². The molecule has 1 aliphatic rings. The van der Waals surface area contributed by atoms with Gasteiger partial charge in [-0.3, -0.25) is 0 Å². The quantitative estimate of drug-likeness (QED) is 0.763. The maximum atomic E-state index is 13.3. The monoisotopic (exact) mass is 369 g/mol. The SMILES string of the molecule is CC1(C)CCCN(S(=O)(=O)c2ccccc2)C(/C=C/c2ccccc2)C1. The van der Waals surface area contributed by atoms with Crippen molar-refractivity contribution < 1.29 is 8.42 Å². The van der Waals surface area contributed by atoms with Crippen molar-refractivity contribution >= 4 is 16.1 Å². The number of rotatable bonds is 4. The summed E-state index contributed by atoms with van der Waals surface area (Å²) < 4.78 is 28.2. The Balaban J connectivity index is 1.96. The molecule has 3 nitrogen and oxygen atoms in total. The largest absolute Gasteiger partial charge is 0.243 e. The third-order valence-electron chi connectivity index (χ3n) is 5.02. The standard InChI is InChI=1S/C22H27NO2S/c1-22(2)16-9-17-23(26(24,25)21-12-7-4-8-13-21)20(18-22)15-14-19-10-5-3-6-11-19/h3-8,10-15,20H,9,16-18H2,1-2H3/b15-14+. The van der Waals surface area contributed by atoms with Gasteiger partial charge in [0, 0.05) is 12.6 Å². The van der Waals surface area contributed by atoms with Crippen LogP contribution >= 0.6 is 0 Å². The number of nitrogens with zero attached hydrogens (tertiary/aromatic N) is 1. The van der Waals surface area contributed by atoms with Crippen LogP contribution in [0.4, 0.5) is 0 Å². The first kappa shape index (κ1) is 18.9. The molecule has 0 bridgehead atoms. The van der Waals surface area contributed by atoms with E-state index in [1.807, 2.05) is 42.5 Å². The van der Waals surface area contributed by atoms with E-state index in [0.717, 1.165) is 24.8 Å². The average Bonchev–Trinajstić information content (AvgIpc) is 2.79. The number of hydrogen-bond donors (Lipinski definition) is 0. The summed E-state index contributed by atoms with van der Waals surface area (Å²) in [6.45, 7) is 5.02. The predicted octanol–water partition coefficient (Wildman–Crippen LogP) is 4.97. The van der Waals surface area contributed by atoms with Gasteiger partial charge >= 0.3 is 0 Å². The summed E-state index contributed by atoms with van der Waals surface area (Å²) in [7, 11) is -3.51. The fraction of sp³-hybridized carbons (Fsp3) is 0.364. The number of hydrogen-bond acceptors (Lipinski definition) is 2. The minimum Gasteiger partial charge on any atom is -0.207 e. The van der Waals surface area contributed by atoms with Crippen molar-refractivity contribution in [1.82, 2.24) is 4.31 Å². The lowest BCUT2D eigenvalue weighted by Crippen LogP contribution is -2.39. The van der Waals surface area contributed by atoms with Crippen molar-refractivity contribution in [1.29, 1.82) is 0 Å². The van der Waals surface area contributed by atoms with Crippen LogP contribution in [0.3, 0.4) is 0 Å². The highest BCUT2D eigenvalue weighted by Gasteiger charge is 2.36. The van der Waals surface area contributed by atoms with Gasteiger partial charge in [0.2, 0.25) is 10.0 Å². The van der Waals surface area contributed by atoms with Crippen molar-refractivity contribution in [2.24, 2.45) is 5.41 Å². The highest BCUT2D eigenvalue weighted by atomic mass is 32.2. The molecule has 4 heteroatoms. The molecular weight excluding hydrogens is 342 g/mol. The molecule has 2 aromatic carbocycles. The molecule has 0 amide bonds. The molecule has 138 valence electrons. The minimum absolute atomic E-state index is 0.118. The molecule has 1 atom stereocenters. The first-order valence-corrected chi connectivity index (χ1v) is 10.6. The summed E-state index contributed by atoms with van der Waals surface area (Å²) in [5.74, 6) is 0. The van der Waals surface area contributed by atoms with Gasteiger partial charge in [0.1, 0.15) is 0 Å². The third kappa shape index (κ3) is 4.43. The first-order valence-electron chi connectivity index (χ1n) is 9.19. The van der Waals surface area contributed by atoms with Gasteiger partial charge in [-0.15, -0.1) is 0 Å². The molecule has 3 rings (SSSR count). The van der Waals surface area contributed by atoms with E-state index in [4.69, 9.17) is 0 Å². The van der Waals surface area contributed by atoms with Gasteiger partial charge in [0.15, 0.2) is 0 Å². The second-order valence-corrected chi connectivity index (χ2v) is 9.63. The van der Waals surface area contributed by atoms with E-state index in [9.17, 15) is 8.42 Å². The second-order valence-electron chi connectivity index (χ2n) is 7.74. The zero-order chi connectivity index (χ0) is 18.6. The van der Waals surface area contributed by atoms with Gasteiger partial charge in [0.05, 0.1) is 4.90 Å². The Kier molecular flexibility index (Phi) is 5.64. The second kappa shape index (κ2) is 7.77. The van der Waals surface area contributed by atoms with Crippen molar-refractivity contribution in [3.8, 4) is 0 Å². The van der Waals surface area contributed by atoms with Crippen LogP contribution in [0.5, 0.6) is 0 Å². The highest BCUT2D eigenvalue weighted by Crippen LogP contribution is 2.36. The van der Waals surface area contributed by atoms with Gasteiger partial charge in [0.25, 0.3) is 0 Å². The van der Waals surface area contributed by atoms with Crippen LogP contribution in [0, 0.1) is 5.41 Å². The lowest BCUT2D eigenvalue weighted by atomic mass is 9.83. The van der Waals surface area contributed by atoms with Crippen molar-refractivity contribution in [2.45, 2.75) is 44.0 Å². The van der Waals surface area contributed by atoms with E-state index in [0.29, 0.717) is 11.4 Å². The minimum atomic E-state index is -3.51.